The molecule has 2 N–H and O–H groups in total. The summed E-state index contributed by atoms with van der Waals surface area (Å²) in [5, 5.41) is 0. The van der Waals surface area contributed by atoms with Crippen molar-refractivity contribution in [3.8, 4) is 0 Å². The largest absolute Gasteiger partial charge is 0.365 e. The quantitative estimate of drug-likeness (QED) is 0.920. The zero-order valence-corrected chi connectivity index (χ0v) is 12.8. The van der Waals surface area contributed by atoms with Crippen molar-refractivity contribution in [2.24, 2.45) is 5.73 Å². The summed E-state index contributed by atoms with van der Waals surface area (Å²) in [5.74, 6) is 0.197. The Morgan fingerprint density at radius 1 is 1.42 bits per heavy atom. The highest BCUT2D eigenvalue weighted by Gasteiger charge is 2.20. The molecule has 4 nitrogen and oxygen atoms in total. The Labute approximate surface area is 122 Å². The molecule has 19 heavy (non-hydrogen) atoms. The Bertz CT molecular complexity index is 458. The maximum atomic E-state index is 12.2. The first kappa shape index (κ1) is 14.3. The van der Waals surface area contributed by atoms with E-state index in [1.54, 1.807) is 0 Å². The molecular weight excluding hydrogens is 306 g/mol. The normalized spacial score (nSPS) is 14.8. The van der Waals surface area contributed by atoms with Crippen LogP contribution in [0.5, 0.6) is 0 Å². The Kier molecular flexibility index (Phi) is 4.82. The molecule has 104 valence electrons. The summed E-state index contributed by atoms with van der Waals surface area (Å²) >= 11 is 3.51. The summed E-state index contributed by atoms with van der Waals surface area (Å²) in [5.41, 5.74) is 7.85. The second-order valence-electron chi connectivity index (χ2n) is 4.89. The van der Waals surface area contributed by atoms with Crippen LogP contribution in [0.2, 0.25) is 0 Å². The molecule has 1 heterocycles. The van der Waals surface area contributed by atoms with Crippen LogP contribution in [-0.4, -0.2) is 37.5 Å². The van der Waals surface area contributed by atoms with Crippen LogP contribution in [-0.2, 0) is 11.3 Å². The van der Waals surface area contributed by atoms with Crippen molar-refractivity contribution >= 4 is 27.5 Å². The summed E-state index contributed by atoms with van der Waals surface area (Å²) in [6.07, 6.45) is 2.25. The molecule has 0 bridgehead atoms. The molecule has 0 aromatic heterocycles. The number of amides is 1. The molecule has 0 aliphatic carbocycles. The lowest BCUT2D eigenvalue weighted by Gasteiger charge is -2.25. The number of hydrogen-bond acceptors (Lipinski definition) is 3. The number of likely N-dealkylation sites (tertiary alicyclic amines) is 1. The highest BCUT2D eigenvalue weighted by atomic mass is 79.9. The Morgan fingerprint density at radius 3 is 2.74 bits per heavy atom. The molecule has 2 rings (SSSR count). The molecule has 0 unspecified atom stereocenters. The van der Waals surface area contributed by atoms with Crippen LogP contribution in [0.3, 0.4) is 0 Å². The van der Waals surface area contributed by atoms with E-state index in [1.807, 2.05) is 35.0 Å². The van der Waals surface area contributed by atoms with Crippen molar-refractivity contribution in [2.75, 3.05) is 31.6 Å². The van der Waals surface area contributed by atoms with Crippen LogP contribution in [0.1, 0.15) is 18.4 Å². The van der Waals surface area contributed by atoms with E-state index in [0.717, 1.165) is 41.7 Å². The molecule has 1 aromatic rings. The lowest BCUT2D eigenvalue weighted by atomic mass is 10.1. The first-order valence-electron chi connectivity index (χ1n) is 6.60. The van der Waals surface area contributed by atoms with Crippen molar-refractivity contribution in [3.63, 3.8) is 0 Å². The van der Waals surface area contributed by atoms with Gasteiger partial charge in [0, 0.05) is 42.4 Å². The van der Waals surface area contributed by atoms with Gasteiger partial charge in [0.25, 0.3) is 0 Å². The topological polar surface area (TPSA) is 49.6 Å². The first-order valence-corrected chi connectivity index (χ1v) is 7.39. The minimum atomic E-state index is 0.197. The number of carbonyl (C=O) groups is 1. The number of nitrogens with two attached hydrogens (primary N) is 1. The predicted octanol–water partition coefficient (Wildman–Crippen LogP) is 1.97. The van der Waals surface area contributed by atoms with Crippen molar-refractivity contribution in [1.29, 1.82) is 0 Å². The monoisotopic (exact) mass is 325 g/mol. The van der Waals surface area contributed by atoms with E-state index in [9.17, 15) is 4.79 Å². The fraction of sp³-hybridized carbons (Fsp3) is 0.500. The fourth-order valence-electron chi connectivity index (χ4n) is 2.46. The molecule has 1 amide bonds. The second kappa shape index (κ2) is 6.39. The summed E-state index contributed by atoms with van der Waals surface area (Å²) in [6.45, 7) is 2.66. The molecule has 0 radical (unpaired) electrons. The third-order valence-corrected chi connectivity index (χ3v) is 4.28. The van der Waals surface area contributed by atoms with Gasteiger partial charge in [0.05, 0.1) is 6.54 Å². The van der Waals surface area contributed by atoms with Gasteiger partial charge in [-0.15, -0.1) is 0 Å². The first-order chi connectivity index (χ1) is 9.13. The maximum Gasteiger partial charge on any atom is 0.242 e. The van der Waals surface area contributed by atoms with E-state index in [2.05, 4.69) is 15.9 Å². The van der Waals surface area contributed by atoms with E-state index in [4.69, 9.17) is 5.73 Å². The van der Waals surface area contributed by atoms with E-state index >= 15 is 0 Å². The Balaban J connectivity index is 2.09. The smallest absolute Gasteiger partial charge is 0.242 e. The highest BCUT2D eigenvalue weighted by Crippen LogP contribution is 2.26. The molecule has 1 saturated heterocycles. The number of anilines is 1. The minimum absolute atomic E-state index is 0.197. The van der Waals surface area contributed by atoms with Gasteiger partial charge in [0.2, 0.25) is 5.91 Å². The van der Waals surface area contributed by atoms with Crippen LogP contribution in [0, 0.1) is 0 Å². The van der Waals surface area contributed by atoms with E-state index < -0.39 is 0 Å². The SMILES string of the molecule is CN(CC(=O)N1CCCC1)c1cccc(Br)c1CN. The highest BCUT2D eigenvalue weighted by molar-refractivity contribution is 9.10. The number of rotatable bonds is 4. The molecule has 1 aliphatic heterocycles. The van der Waals surface area contributed by atoms with E-state index in [1.165, 1.54) is 0 Å². The van der Waals surface area contributed by atoms with Crippen LogP contribution in [0.25, 0.3) is 0 Å². The summed E-state index contributed by atoms with van der Waals surface area (Å²) in [6, 6.07) is 5.95. The Hall–Kier alpha value is -1.07. The number of likely N-dealkylation sites (N-methyl/N-ethyl adjacent to an activating group) is 1. The summed E-state index contributed by atoms with van der Waals surface area (Å²) < 4.78 is 0.993. The summed E-state index contributed by atoms with van der Waals surface area (Å²) in [4.78, 5) is 16.1. The number of nitrogens with zero attached hydrogens (tertiary/aromatic N) is 2. The minimum Gasteiger partial charge on any atom is -0.365 e. The average molecular weight is 326 g/mol. The number of hydrogen-bond donors (Lipinski definition) is 1. The number of benzene rings is 1. The molecule has 5 heteroatoms. The molecular formula is C14H20BrN3O. The van der Waals surface area contributed by atoms with Crippen LogP contribution < -0.4 is 10.6 Å². The van der Waals surface area contributed by atoms with Crippen molar-refractivity contribution in [2.45, 2.75) is 19.4 Å². The lowest BCUT2D eigenvalue weighted by molar-refractivity contribution is -0.128. The summed E-state index contributed by atoms with van der Waals surface area (Å²) in [7, 11) is 1.94. The van der Waals surface area contributed by atoms with E-state index in [-0.39, 0.29) is 5.91 Å². The van der Waals surface area contributed by atoms with Gasteiger partial charge in [-0.05, 0) is 25.0 Å². The molecule has 0 atom stereocenters. The molecule has 1 aliphatic rings. The lowest BCUT2D eigenvalue weighted by Crippen LogP contribution is -2.37. The van der Waals surface area contributed by atoms with Crippen LogP contribution in [0.15, 0.2) is 22.7 Å². The number of carbonyl (C=O) groups excluding carboxylic acids is 1. The van der Waals surface area contributed by atoms with E-state index in [0.29, 0.717) is 13.1 Å². The van der Waals surface area contributed by atoms with Gasteiger partial charge >= 0.3 is 0 Å². The van der Waals surface area contributed by atoms with Crippen LogP contribution >= 0.6 is 15.9 Å². The predicted molar refractivity (Wildman–Crippen MR) is 81.1 cm³/mol. The average Bonchev–Trinajstić information content (AvgIpc) is 2.92. The van der Waals surface area contributed by atoms with Gasteiger partial charge in [0.15, 0.2) is 0 Å². The van der Waals surface area contributed by atoms with Crippen molar-refractivity contribution in [1.82, 2.24) is 4.90 Å². The van der Waals surface area contributed by atoms with Gasteiger partial charge in [0.1, 0.15) is 0 Å². The molecule has 1 fully saturated rings. The third kappa shape index (κ3) is 3.28. The molecule has 0 spiro atoms. The van der Waals surface area contributed by atoms with Crippen molar-refractivity contribution in [3.05, 3.63) is 28.2 Å². The molecule has 0 saturated carbocycles. The van der Waals surface area contributed by atoms with Crippen molar-refractivity contribution < 1.29 is 4.79 Å². The fourth-order valence-corrected chi connectivity index (χ4v) is 2.98. The standard InChI is InChI=1S/C14H20BrN3O/c1-17(10-14(19)18-7-2-3-8-18)13-6-4-5-12(15)11(13)9-16/h4-6H,2-3,7-10,16H2,1H3. The van der Waals surface area contributed by atoms with Gasteiger partial charge < -0.3 is 15.5 Å². The second-order valence-corrected chi connectivity index (χ2v) is 5.74. The van der Waals surface area contributed by atoms with Gasteiger partial charge in [-0.1, -0.05) is 22.0 Å². The Morgan fingerprint density at radius 2 is 2.11 bits per heavy atom. The van der Waals surface area contributed by atoms with Crippen LogP contribution in [0.4, 0.5) is 5.69 Å². The number of halogens is 1. The zero-order valence-electron chi connectivity index (χ0n) is 11.2. The molecule has 1 aromatic carbocycles. The van der Waals surface area contributed by atoms with Gasteiger partial charge in [-0.25, -0.2) is 0 Å². The maximum absolute atomic E-state index is 12.2. The third-order valence-electron chi connectivity index (χ3n) is 3.54. The zero-order chi connectivity index (χ0) is 13.8. The van der Waals surface area contributed by atoms with Gasteiger partial charge in [-0.3, -0.25) is 4.79 Å². The van der Waals surface area contributed by atoms with Gasteiger partial charge in [-0.2, -0.15) is 0 Å².